The van der Waals surface area contributed by atoms with Gasteiger partial charge in [0.05, 0.1) is 6.54 Å². The third-order valence-corrected chi connectivity index (χ3v) is 3.19. The van der Waals surface area contributed by atoms with Crippen LogP contribution in [-0.2, 0) is 6.54 Å². The summed E-state index contributed by atoms with van der Waals surface area (Å²) in [6.07, 6.45) is 1.79. The Morgan fingerprint density at radius 2 is 2.32 bits per heavy atom. The van der Waals surface area contributed by atoms with Crippen LogP contribution in [0.4, 0.5) is 5.13 Å². The van der Waals surface area contributed by atoms with Gasteiger partial charge in [0.2, 0.25) is 11.1 Å². The number of furan rings is 1. The molecule has 2 aromatic rings. The Labute approximate surface area is 130 Å². The number of nitriles is 1. The fourth-order valence-electron chi connectivity index (χ4n) is 1.55. The Morgan fingerprint density at radius 3 is 3.00 bits per heavy atom. The summed E-state index contributed by atoms with van der Waals surface area (Å²) in [7, 11) is 1.57. The van der Waals surface area contributed by atoms with E-state index in [2.05, 4.69) is 25.6 Å². The van der Waals surface area contributed by atoms with E-state index in [1.165, 1.54) is 11.3 Å². The molecule has 9 nitrogen and oxygen atoms in total. The molecule has 114 valence electrons. The number of nitrogens with zero attached hydrogens (tertiary/aromatic N) is 4. The minimum Gasteiger partial charge on any atom is -0.458 e. The van der Waals surface area contributed by atoms with Gasteiger partial charge in [0.1, 0.15) is 11.5 Å². The molecule has 0 amide bonds. The fourth-order valence-corrected chi connectivity index (χ4v) is 2.25. The van der Waals surface area contributed by atoms with E-state index in [4.69, 9.17) is 21.1 Å². The Kier molecular flexibility index (Phi) is 4.94. The SMILES string of the molecule is CN=C(NC#N)NCc1ccc(-c2csc(N=C(N)N)n2)o1. The standard InChI is InChI=1S/C12H14N8OS/c1-16-11(18-6-13)17-4-7-2-3-9(21-7)8-5-22-12(19-8)20-10(14)15/h2-3,5H,4H2,1H3,(H2,16,17,18)(H4,14,15,19,20). The number of nitrogens with two attached hydrogens (primary N) is 2. The minimum absolute atomic E-state index is 0.0402. The third kappa shape index (κ3) is 3.97. The number of thiazole rings is 1. The number of nitrogens with one attached hydrogen (secondary N) is 2. The number of guanidine groups is 2. The summed E-state index contributed by atoms with van der Waals surface area (Å²) in [6, 6.07) is 3.60. The molecule has 0 aliphatic rings. The van der Waals surface area contributed by atoms with E-state index in [0.717, 1.165) is 0 Å². The van der Waals surface area contributed by atoms with Crippen LogP contribution in [0.5, 0.6) is 0 Å². The first kappa shape index (κ1) is 15.3. The topological polar surface area (TPSA) is 151 Å². The van der Waals surface area contributed by atoms with Gasteiger partial charge in [-0.1, -0.05) is 0 Å². The van der Waals surface area contributed by atoms with Crippen LogP contribution in [0.15, 0.2) is 31.9 Å². The third-order valence-electron chi connectivity index (χ3n) is 2.46. The van der Waals surface area contributed by atoms with Crippen LogP contribution < -0.4 is 22.1 Å². The number of hydrogen-bond donors (Lipinski definition) is 4. The molecule has 0 unspecified atom stereocenters. The Morgan fingerprint density at radius 1 is 1.50 bits per heavy atom. The lowest BCUT2D eigenvalue weighted by Crippen LogP contribution is -2.33. The average Bonchev–Trinajstić information content (AvgIpc) is 3.11. The zero-order valence-corrected chi connectivity index (χ0v) is 12.5. The number of rotatable bonds is 4. The largest absolute Gasteiger partial charge is 0.458 e. The molecule has 0 fully saturated rings. The number of aliphatic imine (C=N–C) groups is 2. The first-order valence-corrected chi connectivity index (χ1v) is 7.00. The highest BCUT2D eigenvalue weighted by atomic mass is 32.1. The predicted molar refractivity (Wildman–Crippen MR) is 84.2 cm³/mol. The molecule has 2 heterocycles. The van der Waals surface area contributed by atoms with E-state index in [1.54, 1.807) is 24.7 Å². The van der Waals surface area contributed by atoms with Crippen LogP contribution in [-0.4, -0.2) is 24.0 Å². The molecule has 10 heteroatoms. The molecule has 0 saturated heterocycles. The maximum absolute atomic E-state index is 8.54. The van der Waals surface area contributed by atoms with Gasteiger partial charge in [0.15, 0.2) is 17.9 Å². The monoisotopic (exact) mass is 318 g/mol. The molecule has 0 bridgehead atoms. The predicted octanol–water partition coefficient (Wildman–Crippen LogP) is 0.454. The maximum atomic E-state index is 8.54. The van der Waals surface area contributed by atoms with Crippen molar-refractivity contribution >= 4 is 28.4 Å². The van der Waals surface area contributed by atoms with Gasteiger partial charge in [-0.05, 0) is 12.1 Å². The van der Waals surface area contributed by atoms with Gasteiger partial charge in [0.25, 0.3) is 0 Å². The first-order chi connectivity index (χ1) is 10.6. The van der Waals surface area contributed by atoms with Crippen molar-refractivity contribution < 1.29 is 4.42 Å². The highest BCUT2D eigenvalue weighted by molar-refractivity contribution is 7.13. The quantitative estimate of drug-likeness (QED) is 0.276. The summed E-state index contributed by atoms with van der Waals surface area (Å²) >= 11 is 1.31. The van der Waals surface area contributed by atoms with Gasteiger partial charge in [-0.15, -0.1) is 11.3 Å². The molecule has 0 radical (unpaired) electrons. The van der Waals surface area contributed by atoms with E-state index in [-0.39, 0.29) is 5.96 Å². The van der Waals surface area contributed by atoms with Gasteiger partial charge in [-0.25, -0.2) is 4.98 Å². The Bertz CT molecular complexity index is 734. The highest BCUT2D eigenvalue weighted by Crippen LogP contribution is 2.27. The van der Waals surface area contributed by atoms with Crippen molar-refractivity contribution in [3.63, 3.8) is 0 Å². The van der Waals surface area contributed by atoms with Gasteiger partial charge < -0.3 is 21.2 Å². The molecular weight excluding hydrogens is 304 g/mol. The molecule has 0 aromatic carbocycles. The average molecular weight is 318 g/mol. The van der Waals surface area contributed by atoms with E-state index in [0.29, 0.717) is 34.9 Å². The maximum Gasteiger partial charge on any atom is 0.212 e. The van der Waals surface area contributed by atoms with Crippen LogP contribution in [0.25, 0.3) is 11.5 Å². The second kappa shape index (κ2) is 7.09. The van der Waals surface area contributed by atoms with Crippen molar-refractivity contribution in [1.29, 1.82) is 5.26 Å². The lowest BCUT2D eigenvalue weighted by atomic mass is 10.3. The van der Waals surface area contributed by atoms with E-state index in [1.807, 2.05) is 6.07 Å². The van der Waals surface area contributed by atoms with E-state index in [9.17, 15) is 0 Å². The van der Waals surface area contributed by atoms with Crippen LogP contribution in [0.2, 0.25) is 0 Å². The minimum atomic E-state index is -0.0402. The van der Waals surface area contributed by atoms with Gasteiger partial charge in [-0.3, -0.25) is 10.3 Å². The molecule has 22 heavy (non-hydrogen) atoms. The summed E-state index contributed by atoms with van der Waals surface area (Å²) in [4.78, 5) is 12.0. The van der Waals surface area contributed by atoms with Crippen LogP contribution >= 0.6 is 11.3 Å². The highest BCUT2D eigenvalue weighted by Gasteiger charge is 2.09. The van der Waals surface area contributed by atoms with Crippen molar-refractivity contribution in [2.45, 2.75) is 6.54 Å². The normalized spacial score (nSPS) is 10.8. The summed E-state index contributed by atoms with van der Waals surface area (Å²) in [5.74, 6) is 1.60. The van der Waals surface area contributed by atoms with Crippen molar-refractivity contribution in [3.05, 3.63) is 23.3 Å². The van der Waals surface area contributed by atoms with Crippen molar-refractivity contribution in [3.8, 4) is 17.6 Å². The molecule has 0 aliphatic heterocycles. The summed E-state index contributed by atoms with van der Waals surface area (Å²) in [5.41, 5.74) is 11.3. The van der Waals surface area contributed by atoms with Gasteiger partial charge >= 0.3 is 0 Å². The lowest BCUT2D eigenvalue weighted by Gasteiger charge is -2.04. The molecular formula is C12H14N8OS. The zero-order valence-electron chi connectivity index (χ0n) is 11.7. The zero-order chi connectivity index (χ0) is 15.9. The molecule has 2 aromatic heterocycles. The second-order valence-corrected chi connectivity index (χ2v) is 4.82. The summed E-state index contributed by atoms with van der Waals surface area (Å²) in [6.45, 7) is 0.381. The molecule has 0 saturated carbocycles. The Hall–Kier alpha value is -3.06. The second-order valence-electron chi connectivity index (χ2n) is 3.98. The van der Waals surface area contributed by atoms with Crippen LogP contribution in [0.3, 0.4) is 0 Å². The molecule has 2 rings (SSSR count). The van der Waals surface area contributed by atoms with Crippen LogP contribution in [0.1, 0.15) is 5.76 Å². The van der Waals surface area contributed by atoms with Crippen LogP contribution in [0, 0.1) is 11.5 Å². The van der Waals surface area contributed by atoms with E-state index < -0.39 is 0 Å². The molecule has 0 aliphatic carbocycles. The Balaban J connectivity index is 2.04. The van der Waals surface area contributed by atoms with Crippen molar-refractivity contribution in [2.75, 3.05) is 7.05 Å². The lowest BCUT2D eigenvalue weighted by molar-refractivity contribution is 0.513. The van der Waals surface area contributed by atoms with E-state index >= 15 is 0 Å². The fraction of sp³-hybridized carbons (Fsp3) is 0.167. The first-order valence-electron chi connectivity index (χ1n) is 6.12. The number of hydrogen-bond acceptors (Lipinski definition) is 6. The smallest absolute Gasteiger partial charge is 0.212 e. The number of aromatic nitrogens is 1. The summed E-state index contributed by atoms with van der Waals surface area (Å²) in [5, 5.41) is 16.2. The van der Waals surface area contributed by atoms with Crippen molar-refractivity contribution in [2.24, 2.45) is 21.5 Å². The van der Waals surface area contributed by atoms with Gasteiger partial charge in [0, 0.05) is 12.4 Å². The van der Waals surface area contributed by atoms with Crippen molar-refractivity contribution in [1.82, 2.24) is 15.6 Å². The molecule has 0 atom stereocenters. The van der Waals surface area contributed by atoms with Gasteiger partial charge in [-0.2, -0.15) is 10.3 Å². The molecule has 6 N–H and O–H groups in total. The molecule has 0 spiro atoms. The summed E-state index contributed by atoms with van der Waals surface area (Å²) < 4.78 is 5.67.